The van der Waals surface area contributed by atoms with Crippen molar-refractivity contribution in [1.82, 2.24) is 15.2 Å². The highest BCUT2D eigenvalue weighted by molar-refractivity contribution is 8.04. The summed E-state index contributed by atoms with van der Waals surface area (Å²) >= 11 is 0.827. The number of aromatic amines is 1. The van der Waals surface area contributed by atoms with Gasteiger partial charge in [0.05, 0.1) is 11.9 Å². The number of carboxylic acids is 2. The molecule has 0 aliphatic heterocycles. The molecule has 2 aromatic heterocycles. The van der Waals surface area contributed by atoms with Gasteiger partial charge in [0.1, 0.15) is 17.3 Å². The second kappa shape index (κ2) is 7.50. The Labute approximate surface area is 157 Å². The molecule has 0 bridgehead atoms. The van der Waals surface area contributed by atoms with Gasteiger partial charge < -0.3 is 24.2 Å². The van der Waals surface area contributed by atoms with Crippen molar-refractivity contribution in [2.75, 3.05) is 0 Å². The fourth-order valence-electron chi connectivity index (χ4n) is 2.32. The smallest absolute Gasteiger partial charge is 0.213 e. The number of hydrogen-bond acceptors (Lipinski definition) is 8. The topological polar surface area (TPSA) is 135 Å². The Morgan fingerprint density at radius 1 is 1.19 bits per heavy atom. The number of aliphatic carboxylic acids is 1. The Morgan fingerprint density at radius 2 is 1.96 bits per heavy atom. The molecule has 2 heterocycles. The summed E-state index contributed by atoms with van der Waals surface area (Å²) in [6, 6.07) is 7.74. The molecule has 1 N–H and O–H groups in total. The van der Waals surface area contributed by atoms with Crippen LogP contribution in [0.2, 0.25) is 0 Å². The van der Waals surface area contributed by atoms with Gasteiger partial charge in [-0.2, -0.15) is 0 Å². The first-order valence-electron chi connectivity index (χ1n) is 7.75. The molecular formula is C18H13N3O5S-2. The molecule has 0 atom stereocenters. The van der Waals surface area contributed by atoms with E-state index in [1.54, 1.807) is 32.0 Å². The van der Waals surface area contributed by atoms with Crippen LogP contribution in [0.1, 0.15) is 27.5 Å². The number of nitrogens with one attached hydrogen (secondary N) is 1. The predicted molar refractivity (Wildman–Crippen MR) is 93.2 cm³/mol. The number of aryl methyl sites for hydroxylation is 2. The monoisotopic (exact) mass is 383 g/mol. The van der Waals surface area contributed by atoms with Crippen molar-refractivity contribution in [2.24, 2.45) is 0 Å². The molecular weight excluding hydrogens is 370 g/mol. The van der Waals surface area contributed by atoms with E-state index in [9.17, 15) is 19.8 Å². The van der Waals surface area contributed by atoms with Gasteiger partial charge in [-0.3, -0.25) is 5.10 Å². The highest BCUT2D eigenvalue weighted by Gasteiger charge is 2.11. The van der Waals surface area contributed by atoms with Gasteiger partial charge in [0.2, 0.25) is 5.16 Å². The number of carbonyl (C=O) groups is 2. The number of benzene rings is 1. The van der Waals surface area contributed by atoms with Gasteiger partial charge in [0.15, 0.2) is 0 Å². The lowest BCUT2D eigenvalue weighted by Crippen LogP contribution is -2.23. The zero-order valence-electron chi connectivity index (χ0n) is 14.3. The lowest BCUT2D eigenvalue weighted by Gasteiger charge is -2.07. The van der Waals surface area contributed by atoms with Gasteiger partial charge in [-0.1, -0.05) is 12.1 Å². The van der Waals surface area contributed by atoms with Crippen LogP contribution >= 0.6 is 11.8 Å². The van der Waals surface area contributed by atoms with Crippen LogP contribution in [0.4, 0.5) is 0 Å². The van der Waals surface area contributed by atoms with Crippen LogP contribution in [-0.2, 0) is 4.79 Å². The fraction of sp³-hybridized carbons (Fsp3) is 0.111. The van der Waals surface area contributed by atoms with Crippen molar-refractivity contribution >= 4 is 29.8 Å². The predicted octanol–water partition coefficient (Wildman–Crippen LogP) is 0.928. The first-order valence-corrected chi connectivity index (χ1v) is 8.57. The van der Waals surface area contributed by atoms with E-state index in [0.717, 1.165) is 17.3 Å². The molecule has 0 amide bonds. The summed E-state index contributed by atoms with van der Waals surface area (Å²) in [6.45, 7) is 3.50. The quantitative estimate of drug-likeness (QED) is 0.490. The largest absolute Gasteiger partial charge is 0.545 e. The molecule has 0 radical (unpaired) electrons. The third kappa shape index (κ3) is 4.26. The number of carboxylic acid groups (broad SMARTS) is 2. The van der Waals surface area contributed by atoms with E-state index in [0.29, 0.717) is 17.1 Å². The SMILES string of the molecule is Cc1nc(S/C(=C/c2ccc(-c3cc(C(=O)[O-])ccc3C)o2)C(=O)[O-])n[nH]1. The van der Waals surface area contributed by atoms with Gasteiger partial charge >= 0.3 is 0 Å². The summed E-state index contributed by atoms with van der Waals surface area (Å²) in [6.07, 6.45) is 1.30. The Balaban J connectivity index is 1.92. The first-order chi connectivity index (χ1) is 12.8. The van der Waals surface area contributed by atoms with Crippen LogP contribution in [0.5, 0.6) is 0 Å². The minimum Gasteiger partial charge on any atom is -0.545 e. The maximum Gasteiger partial charge on any atom is 0.213 e. The number of carbonyl (C=O) groups excluding carboxylic acids is 2. The van der Waals surface area contributed by atoms with Crippen molar-refractivity contribution in [3.05, 3.63) is 57.9 Å². The number of thioether (sulfide) groups is 1. The van der Waals surface area contributed by atoms with Crippen LogP contribution in [0.25, 0.3) is 17.4 Å². The van der Waals surface area contributed by atoms with E-state index in [-0.39, 0.29) is 21.4 Å². The molecule has 0 fully saturated rings. The summed E-state index contributed by atoms with van der Waals surface area (Å²) in [5, 5.41) is 29.2. The van der Waals surface area contributed by atoms with E-state index in [1.165, 1.54) is 18.2 Å². The molecule has 0 aliphatic carbocycles. The van der Waals surface area contributed by atoms with Crippen molar-refractivity contribution in [1.29, 1.82) is 0 Å². The van der Waals surface area contributed by atoms with Crippen LogP contribution in [0.15, 0.2) is 44.8 Å². The molecule has 3 rings (SSSR count). The molecule has 27 heavy (non-hydrogen) atoms. The number of aromatic nitrogens is 3. The van der Waals surface area contributed by atoms with Crippen molar-refractivity contribution in [3.63, 3.8) is 0 Å². The van der Waals surface area contributed by atoms with E-state index in [4.69, 9.17) is 4.42 Å². The maximum atomic E-state index is 11.4. The normalized spacial score (nSPS) is 11.6. The second-order valence-electron chi connectivity index (χ2n) is 5.62. The minimum atomic E-state index is -1.39. The molecule has 9 heteroatoms. The summed E-state index contributed by atoms with van der Waals surface area (Å²) in [5.41, 5.74) is 1.40. The molecule has 1 aromatic carbocycles. The molecule has 0 spiro atoms. The van der Waals surface area contributed by atoms with E-state index < -0.39 is 11.9 Å². The molecule has 8 nitrogen and oxygen atoms in total. The van der Waals surface area contributed by atoms with Gasteiger partial charge in [0, 0.05) is 10.5 Å². The third-order valence-corrected chi connectivity index (χ3v) is 4.49. The number of aromatic carboxylic acids is 1. The van der Waals surface area contributed by atoms with Crippen molar-refractivity contribution < 1.29 is 24.2 Å². The first kappa shape index (κ1) is 18.5. The average Bonchev–Trinajstić information content (AvgIpc) is 3.23. The number of furan rings is 1. The molecule has 0 saturated carbocycles. The number of rotatable bonds is 6. The summed E-state index contributed by atoms with van der Waals surface area (Å²) in [7, 11) is 0. The molecule has 0 aliphatic rings. The van der Waals surface area contributed by atoms with Crippen LogP contribution in [0, 0.1) is 13.8 Å². The number of nitrogens with zero attached hydrogens (tertiary/aromatic N) is 2. The van der Waals surface area contributed by atoms with Gasteiger partial charge in [-0.25, -0.2) is 4.98 Å². The Kier molecular flexibility index (Phi) is 5.13. The van der Waals surface area contributed by atoms with Crippen molar-refractivity contribution in [3.8, 4) is 11.3 Å². The standard InChI is InChI=1S/C18H15N3O5S/c1-9-3-4-11(16(22)23)7-13(9)14-6-5-12(26-14)8-15(17(24)25)27-18-19-10(2)20-21-18/h3-8H,1-2H3,(H,22,23)(H,24,25)(H,19,20,21)/p-2/b15-8+. The van der Waals surface area contributed by atoms with Gasteiger partial charge in [0.25, 0.3) is 0 Å². The second-order valence-corrected chi connectivity index (χ2v) is 6.63. The molecule has 0 saturated heterocycles. The highest BCUT2D eigenvalue weighted by atomic mass is 32.2. The lowest BCUT2D eigenvalue weighted by atomic mass is 10.0. The van der Waals surface area contributed by atoms with E-state index in [2.05, 4.69) is 15.2 Å². The number of H-pyrrole nitrogens is 1. The van der Waals surface area contributed by atoms with Gasteiger partial charge in [-0.15, -0.1) is 5.10 Å². The zero-order chi connectivity index (χ0) is 19.6. The van der Waals surface area contributed by atoms with Crippen LogP contribution in [-0.4, -0.2) is 27.1 Å². The average molecular weight is 383 g/mol. The Morgan fingerprint density at radius 3 is 2.59 bits per heavy atom. The van der Waals surface area contributed by atoms with Crippen LogP contribution in [0.3, 0.4) is 0 Å². The zero-order valence-corrected chi connectivity index (χ0v) is 15.1. The molecule has 0 unspecified atom stereocenters. The number of hydrogen-bond donors (Lipinski definition) is 1. The van der Waals surface area contributed by atoms with E-state index in [1.807, 2.05) is 0 Å². The van der Waals surface area contributed by atoms with Crippen LogP contribution < -0.4 is 10.2 Å². The third-order valence-electron chi connectivity index (χ3n) is 3.62. The van der Waals surface area contributed by atoms with Gasteiger partial charge in [-0.05, 0) is 61.0 Å². The lowest BCUT2D eigenvalue weighted by molar-refractivity contribution is -0.298. The highest BCUT2D eigenvalue weighted by Crippen LogP contribution is 2.30. The Bertz CT molecular complexity index is 1050. The minimum absolute atomic E-state index is 0.0232. The summed E-state index contributed by atoms with van der Waals surface area (Å²) < 4.78 is 5.67. The maximum absolute atomic E-state index is 11.4. The van der Waals surface area contributed by atoms with Crippen molar-refractivity contribution in [2.45, 2.75) is 19.0 Å². The molecule has 3 aromatic rings. The molecule has 138 valence electrons. The summed E-state index contributed by atoms with van der Waals surface area (Å²) in [5.74, 6) is -1.46. The van der Waals surface area contributed by atoms with E-state index >= 15 is 0 Å². The summed E-state index contributed by atoms with van der Waals surface area (Å²) in [4.78, 5) is 26.3. The fourth-order valence-corrected chi connectivity index (χ4v) is 3.04. The Hall–Kier alpha value is -3.33.